The van der Waals surface area contributed by atoms with Crippen molar-refractivity contribution in [3.05, 3.63) is 0 Å². The Labute approximate surface area is 137 Å². The minimum absolute atomic E-state index is 0.0106. The Morgan fingerprint density at radius 1 is 1.29 bits per heavy atom. The lowest BCUT2D eigenvalue weighted by molar-refractivity contribution is -0.521. The standard InChI is InChI=1S/C13H19N7O4/c14-10-17-9-6(5-19-7(21)1-2-8(19)22)16-11(15)20-4-3-12(23,24)13(9,20)18-10/h6,9,23-24H,1-5H2,(H2,15,16)(H3,14,17,18)/p+1/t6?,9?,13-/m1/s1. The van der Waals surface area contributed by atoms with Crippen molar-refractivity contribution in [3.63, 3.8) is 0 Å². The number of rotatable bonds is 2. The van der Waals surface area contributed by atoms with Crippen molar-refractivity contribution < 1.29 is 24.8 Å². The molecule has 130 valence electrons. The summed E-state index contributed by atoms with van der Waals surface area (Å²) in [6.45, 7) is 0.297. The number of hydrogen-bond donors (Lipinski definition) is 6. The zero-order valence-electron chi connectivity index (χ0n) is 12.9. The SMILES string of the molecule is NC1=NC(CN2C(=O)CCC2=O)C2[NH+]=C(N)N[C@@]23N1CCC3(O)O. The molecule has 2 saturated heterocycles. The molecule has 2 unspecified atom stereocenters. The summed E-state index contributed by atoms with van der Waals surface area (Å²) in [5.41, 5.74) is 10.5. The first-order chi connectivity index (χ1) is 11.3. The lowest BCUT2D eigenvalue weighted by Gasteiger charge is -2.46. The molecule has 8 N–H and O–H groups in total. The van der Waals surface area contributed by atoms with Gasteiger partial charge in [0.25, 0.3) is 5.66 Å². The van der Waals surface area contributed by atoms with Crippen molar-refractivity contribution in [3.8, 4) is 0 Å². The fourth-order valence-corrected chi connectivity index (χ4v) is 4.17. The van der Waals surface area contributed by atoms with E-state index in [1.54, 1.807) is 4.90 Å². The summed E-state index contributed by atoms with van der Waals surface area (Å²) in [5, 5.41) is 24.0. The van der Waals surface area contributed by atoms with Gasteiger partial charge in [-0.3, -0.25) is 25.2 Å². The van der Waals surface area contributed by atoms with Crippen LogP contribution in [0, 0.1) is 0 Å². The topological polar surface area (TPSA) is 171 Å². The number of nitrogens with one attached hydrogen (secondary N) is 2. The van der Waals surface area contributed by atoms with Crippen LogP contribution in [0.15, 0.2) is 4.99 Å². The normalized spacial score (nSPS) is 37.1. The van der Waals surface area contributed by atoms with Gasteiger partial charge in [0, 0.05) is 25.8 Å². The number of hydrogen-bond acceptors (Lipinski definition) is 9. The van der Waals surface area contributed by atoms with Crippen molar-refractivity contribution in [2.24, 2.45) is 16.5 Å². The van der Waals surface area contributed by atoms with Gasteiger partial charge >= 0.3 is 5.96 Å². The smallest absolute Gasteiger partial charge is 0.343 e. The van der Waals surface area contributed by atoms with E-state index in [0.717, 1.165) is 4.90 Å². The highest BCUT2D eigenvalue weighted by Gasteiger charge is 2.72. The second kappa shape index (κ2) is 4.57. The first-order valence-electron chi connectivity index (χ1n) is 7.82. The van der Waals surface area contributed by atoms with Crippen LogP contribution < -0.4 is 21.8 Å². The van der Waals surface area contributed by atoms with E-state index in [0.29, 0.717) is 0 Å². The molecular formula is C13H20N7O4+. The van der Waals surface area contributed by atoms with Gasteiger partial charge in [0.05, 0.1) is 6.54 Å². The van der Waals surface area contributed by atoms with Gasteiger partial charge in [0.2, 0.25) is 17.6 Å². The summed E-state index contributed by atoms with van der Waals surface area (Å²) in [6.07, 6.45) is 0.406. The third kappa shape index (κ3) is 1.73. The number of carbonyl (C=O) groups excluding carboxylic acids is 2. The van der Waals surface area contributed by atoms with Crippen LogP contribution in [0.2, 0.25) is 0 Å². The van der Waals surface area contributed by atoms with E-state index in [9.17, 15) is 19.8 Å². The zero-order chi connectivity index (χ0) is 17.3. The molecule has 3 atom stereocenters. The van der Waals surface area contributed by atoms with Gasteiger partial charge in [0.1, 0.15) is 6.04 Å². The Kier molecular flexibility index (Phi) is 2.89. The molecule has 2 amide bonds. The van der Waals surface area contributed by atoms with Crippen molar-refractivity contribution >= 4 is 23.7 Å². The molecule has 4 heterocycles. The number of guanidine groups is 2. The minimum atomic E-state index is -2.11. The molecule has 0 aromatic rings. The molecule has 24 heavy (non-hydrogen) atoms. The van der Waals surface area contributed by atoms with Crippen molar-refractivity contribution in [1.82, 2.24) is 15.1 Å². The van der Waals surface area contributed by atoms with Crippen LogP contribution in [0.3, 0.4) is 0 Å². The summed E-state index contributed by atoms with van der Waals surface area (Å²) in [4.78, 5) is 33.8. The first-order valence-corrected chi connectivity index (χ1v) is 7.82. The van der Waals surface area contributed by atoms with Gasteiger partial charge in [0.15, 0.2) is 12.0 Å². The molecule has 2 fully saturated rings. The van der Waals surface area contributed by atoms with E-state index in [1.165, 1.54) is 0 Å². The Bertz CT molecular complexity index is 674. The highest BCUT2D eigenvalue weighted by Crippen LogP contribution is 2.40. The van der Waals surface area contributed by atoms with Gasteiger partial charge in [-0.05, 0) is 0 Å². The van der Waals surface area contributed by atoms with Crippen molar-refractivity contribution in [2.45, 2.75) is 42.8 Å². The summed E-state index contributed by atoms with van der Waals surface area (Å²) in [6, 6.07) is -1.32. The summed E-state index contributed by atoms with van der Waals surface area (Å²) in [7, 11) is 0. The molecule has 0 aliphatic carbocycles. The van der Waals surface area contributed by atoms with E-state index in [4.69, 9.17) is 11.5 Å². The molecule has 4 aliphatic rings. The van der Waals surface area contributed by atoms with E-state index in [1.807, 2.05) is 0 Å². The molecule has 0 aromatic carbocycles. The molecule has 4 rings (SSSR count). The quantitative estimate of drug-likeness (QED) is 0.213. The number of carbonyl (C=O) groups is 2. The highest BCUT2D eigenvalue weighted by atomic mass is 16.5. The number of nitrogens with zero attached hydrogens (tertiary/aromatic N) is 3. The monoisotopic (exact) mass is 338 g/mol. The summed E-state index contributed by atoms with van der Waals surface area (Å²) in [5.74, 6) is -2.36. The Hall–Kier alpha value is -2.40. The second-order valence-corrected chi connectivity index (χ2v) is 6.60. The molecule has 4 aliphatic heterocycles. The van der Waals surface area contributed by atoms with Crippen LogP contribution in [-0.2, 0) is 9.59 Å². The van der Waals surface area contributed by atoms with E-state index < -0.39 is 23.5 Å². The minimum Gasteiger partial charge on any atom is -0.370 e. The maximum Gasteiger partial charge on any atom is 0.343 e. The van der Waals surface area contributed by atoms with Crippen molar-refractivity contribution in [2.75, 3.05) is 13.1 Å². The second-order valence-electron chi connectivity index (χ2n) is 6.60. The summed E-state index contributed by atoms with van der Waals surface area (Å²) >= 11 is 0. The van der Waals surface area contributed by atoms with Crippen LogP contribution in [0.25, 0.3) is 0 Å². The Morgan fingerprint density at radius 3 is 2.62 bits per heavy atom. The number of amides is 2. The maximum atomic E-state index is 11.9. The summed E-state index contributed by atoms with van der Waals surface area (Å²) < 4.78 is 0. The van der Waals surface area contributed by atoms with Gasteiger partial charge < -0.3 is 20.8 Å². The average Bonchev–Trinajstić information content (AvgIpc) is 3.10. The van der Waals surface area contributed by atoms with Crippen LogP contribution >= 0.6 is 0 Å². The Morgan fingerprint density at radius 2 is 1.96 bits per heavy atom. The third-order valence-corrected chi connectivity index (χ3v) is 5.29. The molecular weight excluding hydrogens is 318 g/mol. The van der Waals surface area contributed by atoms with E-state index >= 15 is 0 Å². The Balaban J connectivity index is 1.73. The molecule has 0 aromatic heterocycles. The van der Waals surface area contributed by atoms with Gasteiger partial charge in [-0.15, -0.1) is 0 Å². The fraction of sp³-hybridized carbons (Fsp3) is 0.692. The number of nitrogens with two attached hydrogens (primary N) is 2. The van der Waals surface area contributed by atoms with Crippen molar-refractivity contribution in [1.29, 1.82) is 0 Å². The van der Waals surface area contributed by atoms with Gasteiger partial charge in [-0.25, -0.2) is 10.3 Å². The molecule has 0 bridgehead atoms. The van der Waals surface area contributed by atoms with Gasteiger partial charge in [-0.2, -0.15) is 0 Å². The third-order valence-electron chi connectivity index (χ3n) is 5.29. The molecule has 11 nitrogen and oxygen atoms in total. The number of aliphatic imine (C=N–C) groups is 1. The fourth-order valence-electron chi connectivity index (χ4n) is 4.17. The number of imide groups is 1. The first kappa shape index (κ1) is 15.1. The lowest BCUT2D eigenvalue weighted by atomic mass is 9.86. The molecule has 0 saturated carbocycles. The largest absolute Gasteiger partial charge is 0.370 e. The number of aliphatic hydroxyl groups is 2. The van der Waals surface area contributed by atoms with Crippen LogP contribution in [-0.4, -0.2) is 80.4 Å². The van der Waals surface area contributed by atoms with Gasteiger partial charge in [-0.1, -0.05) is 0 Å². The number of likely N-dealkylation sites (tertiary alicyclic amines) is 1. The van der Waals surface area contributed by atoms with E-state index in [2.05, 4.69) is 15.3 Å². The van der Waals surface area contributed by atoms with Crippen LogP contribution in [0.1, 0.15) is 19.3 Å². The van der Waals surface area contributed by atoms with E-state index in [-0.39, 0.29) is 56.1 Å². The average molecular weight is 338 g/mol. The molecule has 1 spiro atoms. The highest BCUT2D eigenvalue weighted by molar-refractivity contribution is 6.02. The predicted octanol–water partition coefficient (Wildman–Crippen LogP) is -5.72. The maximum absolute atomic E-state index is 11.9. The zero-order valence-corrected chi connectivity index (χ0v) is 12.9. The lowest BCUT2D eigenvalue weighted by Crippen LogP contribution is -2.90. The van der Waals surface area contributed by atoms with Crippen LogP contribution in [0.5, 0.6) is 0 Å². The predicted molar refractivity (Wildman–Crippen MR) is 79.7 cm³/mol. The molecule has 11 heteroatoms. The molecule has 0 radical (unpaired) electrons. The van der Waals surface area contributed by atoms with Crippen LogP contribution in [0.4, 0.5) is 0 Å².